The van der Waals surface area contributed by atoms with Crippen molar-refractivity contribution in [1.29, 1.82) is 0 Å². The fourth-order valence-electron chi connectivity index (χ4n) is 2.61. The Kier molecular flexibility index (Phi) is 5.40. The summed E-state index contributed by atoms with van der Waals surface area (Å²) in [4.78, 5) is 24.1. The first-order valence-corrected chi connectivity index (χ1v) is 9.21. The average Bonchev–Trinajstić information content (AvgIpc) is 3.17. The van der Waals surface area contributed by atoms with E-state index in [4.69, 9.17) is 5.11 Å². The van der Waals surface area contributed by atoms with Gasteiger partial charge in [0, 0.05) is 30.2 Å². The minimum atomic E-state index is -0.730. The van der Waals surface area contributed by atoms with Crippen molar-refractivity contribution in [1.82, 2.24) is 15.1 Å². The number of thioether (sulfide) groups is 1. The van der Waals surface area contributed by atoms with Gasteiger partial charge in [-0.05, 0) is 31.0 Å². The maximum absolute atomic E-state index is 12.2. The Balaban J connectivity index is 1.85. The number of hydrogen-bond acceptors (Lipinski definition) is 5. The van der Waals surface area contributed by atoms with E-state index in [1.807, 2.05) is 31.2 Å². The lowest BCUT2D eigenvalue weighted by Crippen LogP contribution is -2.36. The highest BCUT2D eigenvalue weighted by Crippen LogP contribution is 2.36. The molecule has 0 atom stereocenters. The summed E-state index contributed by atoms with van der Waals surface area (Å²) in [5.41, 5.74) is 3.82. The molecule has 1 aromatic carbocycles. The number of nitrogens with one attached hydrogen (secondary N) is 2. The Hall–Kier alpha value is -2.32. The van der Waals surface area contributed by atoms with Crippen LogP contribution in [-0.2, 0) is 21.1 Å². The molecule has 2 heterocycles. The van der Waals surface area contributed by atoms with E-state index in [1.54, 1.807) is 16.4 Å². The number of hydrogen-bond donors (Lipinski definition) is 3. The zero-order valence-corrected chi connectivity index (χ0v) is 14.7. The molecule has 1 aliphatic heterocycles. The molecule has 2 amide bonds. The molecule has 7 nitrogen and oxygen atoms in total. The van der Waals surface area contributed by atoms with Crippen molar-refractivity contribution in [3.05, 3.63) is 41.1 Å². The van der Waals surface area contributed by atoms with Crippen LogP contribution in [0, 0.1) is 6.92 Å². The molecule has 0 aliphatic carbocycles. The number of aliphatic hydroxyl groups excluding tert-OH is 1. The van der Waals surface area contributed by atoms with Crippen LogP contribution < -0.4 is 10.6 Å². The van der Waals surface area contributed by atoms with E-state index in [0.717, 1.165) is 34.0 Å². The van der Waals surface area contributed by atoms with Gasteiger partial charge in [-0.3, -0.25) is 9.59 Å². The number of rotatable bonds is 5. The third-order valence-corrected chi connectivity index (χ3v) is 4.83. The molecular formula is C17H20N4O3S. The number of nitrogens with zero attached hydrogens (tertiary/aromatic N) is 2. The summed E-state index contributed by atoms with van der Waals surface area (Å²) < 4.78 is 1.69. The lowest BCUT2D eigenvalue weighted by atomic mass is 10.2. The topological polar surface area (TPSA) is 96.2 Å². The van der Waals surface area contributed by atoms with Gasteiger partial charge in [0.1, 0.15) is 5.82 Å². The van der Waals surface area contributed by atoms with Gasteiger partial charge in [0.05, 0.1) is 11.4 Å². The second-order valence-corrected chi connectivity index (χ2v) is 6.79. The molecule has 1 aliphatic rings. The number of fused-ring (bicyclic) bond motifs is 1. The molecule has 3 N–H and O–H groups in total. The van der Waals surface area contributed by atoms with Crippen LogP contribution in [0.2, 0.25) is 0 Å². The lowest BCUT2D eigenvalue weighted by Gasteiger charge is -2.11. The summed E-state index contributed by atoms with van der Waals surface area (Å²) in [7, 11) is 0. The second kappa shape index (κ2) is 7.71. The number of anilines is 1. The highest BCUT2D eigenvalue weighted by molar-refractivity contribution is 7.98. The van der Waals surface area contributed by atoms with Crippen molar-refractivity contribution >= 4 is 29.4 Å². The highest BCUT2D eigenvalue weighted by atomic mass is 32.2. The SMILES string of the molecule is Cc1cccc(-n2nc3c(c2NC(=O)C(=O)NCCCO)CSC3)c1. The molecule has 2 aromatic rings. The maximum atomic E-state index is 12.2. The average molecular weight is 360 g/mol. The molecular weight excluding hydrogens is 340 g/mol. The zero-order valence-electron chi connectivity index (χ0n) is 13.9. The summed E-state index contributed by atoms with van der Waals surface area (Å²) in [5, 5.41) is 18.6. The summed E-state index contributed by atoms with van der Waals surface area (Å²) >= 11 is 1.73. The molecule has 0 unspecified atom stereocenters. The van der Waals surface area contributed by atoms with Crippen LogP contribution >= 0.6 is 11.8 Å². The summed E-state index contributed by atoms with van der Waals surface area (Å²) in [6, 6.07) is 7.81. The normalized spacial score (nSPS) is 12.7. The molecule has 132 valence electrons. The fourth-order valence-corrected chi connectivity index (χ4v) is 3.65. The molecule has 0 saturated heterocycles. The summed E-state index contributed by atoms with van der Waals surface area (Å²) in [6.07, 6.45) is 0.409. The first-order valence-electron chi connectivity index (χ1n) is 8.05. The van der Waals surface area contributed by atoms with Gasteiger partial charge >= 0.3 is 11.8 Å². The van der Waals surface area contributed by atoms with Gasteiger partial charge in [0.2, 0.25) is 0 Å². The first-order chi connectivity index (χ1) is 12.1. The number of benzene rings is 1. The molecule has 0 spiro atoms. The van der Waals surface area contributed by atoms with Crippen molar-refractivity contribution in [3.8, 4) is 5.69 Å². The third-order valence-electron chi connectivity index (χ3n) is 3.86. The minimum Gasteiger partial charge on any atom is -0.396 e. The van der Waals surface area contributed by atoms with Crippen molar-refractivity contribution in [2.24, 2.45) is 0 Å². The fraction of sp³-hybridized carbons (Fsp3) is 0.353. The molecule has 25 heavy (non-hydrogen) atoms. The smallest absolute Gasteiger partial charge is 0.314 e. The Morgan fingerprint density at radius 2 is 2.16 bits per heavy atom. The van der Waals surface area contributed by atoms with E-state index in [0.29, 0.717) is 12.2 Å². The Bertz CT molecular complexity index is 803. The Morgan fingerprint density at radius 3 is 2.92 bits per heavy atom. The van der Waals surface area contributed by atoms with E-state index in [2.05, 4.69) is 15.7 Å². The monoisotopic (exact) mass is 360 g/mol. The minimum absolute atomic E-state index is 0.0350. The Morgan fingerprint density at radius 1 is 1.32 bits per heavy atom. The predicted molar refractivity (Wildman–Crippen MR) is 96.6 cm³/mol. The molecule has 0 fully saturated rings. The summed E-state index contributed by atoms with van der Waals surface area (Å²) in [5.74, 6) is 0.645. The predicted octanol–water partition coefficient (Wildman–Crippen LogP) is 1.36. The number of aliphatic hydroxyl groups is 1. The Labute approximate surface area is 149 Å². The lowest BCUT2D eigenvalue weighted by molar-refractivity contribution is -0.136. The van der Waals surface area contributed by atoms with E-state index in [-0.39, 0.29) is 13.2 Å². The van der Waals surface area contributed by atoms with E-state index >= 15 is 0 Å². The van der Waals surface area contributed by atoms with E-state index in [1.165, 1.54) is 0 Å². The number of carbonyl (C=O) groups excluding carboxylic acids is 2. The van der Waals surface area contributed by atoms with Gasteiger partial charge in [-0.1, -0.05) is 12.1 Å². The van der Waals surface area contributed by atoms with Crippen LogP contribution in [0.25, 0.3) is 5.69 Å². The van der Waals surface area contributed by atoms with Crippen LogP contribution in [0.1, 0.15) is 23.2 Å². The molecule has 0 bridgehead atoms. The number of amides is 2. The molecule has 8 heteroatoms. The van der Waals surface area contributed by atoms with Crippen molar-refractivity contribution in [2.45, 2.75) is 24.9 Å². The van der Waals surface area contributed by atoms with Gasteiger partial charge in [-0.15, -0.1) is 0 Å². The third kappa shape index (κ3) is 3.85. The number of aryl methyl sites for hydroxylation is 1. The zero-order chi connectivity index (χ0) is 17.8. The van der Waals surface area contributed by atoms with Crippen LogP contribution in [0.3, 0.4) is 0 Å². The largest absolute Gasteiger partial charge is 0.396 e. The standard InChI is InChI=1S/C17H20N4O3S/c1-11-4-2-5-12(8-11)21-15(13-9-25-10-14(13)20-21)19-17(24)16(23)18-6-3-7-22/h2,4-5,8,22H,3,6-7,9-10H2,1H3,(H,18,23)(H,19,24). The van der Waals surface area contributed by atoms with Crippen LogP contribution in [-0.4, -0.2) is 39.9 Å². The molecule has 1 aromatic heterocycles. The van der Waals surface area contributed by atoms with Crippen LogP contribution in [0.4, 0.5) is 5.82 Å². The second-order valence-electron chi connectivity index (χ2n) is 5.80. The molecule has 0 radical (unpaired) electrons. The van der Waals surface area contributed by atoms with Gasteiger partial charge in [0.15, 0.2) is 0 Å². The van der Waals surface area contributed by atoms with Crippen LogP contribution in [0.5, 0.6) is 0 Å². The highest BCUT2D eigenvalue weighted by Gasteiger charge is 2.26. The quantitative estimate of drug-likeness (QED) is 0.553. The van der Waals surface area contributed by atoms with E-state index in [9.17, 15) is 9.59 Å². The van der Waals surface area contributed by atoms with Gasteiger partial charge in [0.25, 0.3) is 0 Å². The summed E-state index contributed by atoms with van der Waals surface area (Å²) in [6.45, 7) is 2.21. The maximum Gasteiger partial charge on any atom is 0.314 e. The van der Waals surface area contributed by atoms with Crippen molar-refractivity contribution in [3.63, 3.8) is 0 Å². The van der Waals surface area contributed by atoms with Gasteiger partial charge in [-0.2, -0.15) is 16.9 Å². The number of aromatic nitrogens is 2. The van der Waals surface area contributed by atoms with Gasteiger partial charge in [-0.25, -0.2) is 4.68 Å². The van der Waals surface area contributed by atoms with Crippen LogP contribution in [0.15, 0.2) is 24.3 Å². The first kappa shape index (κ1) is 17.5. The molecule has 3 rings (SSSR count). The van der Waals surface area contributed by atoms with Crippen molar-refractivity contribution in [2.75, 3.05) is 18.5 Å². The number of carbonyl (C=O) groups is 2. The van der Waals surface area contributed by atoms with E-state index < -0.39 is 11.8 Å². The van der Waals surface area contributed by atoms with Gasteiger partial charge < -0.3 is 15.7 Å². The molecule has 0 saturated carbocycles. The van der Waals surface area contributed by atoms with Crippen molar-refractivity contribution < 1.29 is 14.7 Å².